The Morgan fingerprint density at radius 1 is 1.16 bits per heavy atom. The number of piperidine rings is 1. The molecule has 0 aromatic heterocycles. The van der Waals surface area contributed by atoms with Gasteiger partial charge in [0.2, 0.25) is 0 Å². The number of amides is 1. The monoisotopic (exact) mass is 544 g/mol. The molecular weight excluding hydrogens is 513 g/mol. The highest BCUT2D eigenvalue weighted by atomic mass is 35.5. The summed E-state index contributed by atoms with van der Waals surface area (Å²) >= 11 is 6.17. The number of aliphatic imine (C=N–C) groups is 1. The zero-order valence-corrected chi connectivity index (χ0v) is 22.2. The van der Waals surface area contributed by atoms with E-state index in [9.17, 15) is 18.0 Å². The van der Waals surface area contributed by atoms with Crippen molar-refractivity contribution in [2.75, 3.05) is 18.4 Å². The summed E-state index contributed by atoms with van der Waals surface area (Å²) in [6.45, 7) is 5.53. The van der Waals surface area contributed by atoms with Crippen molar-refractivity contribution in [3.05, 3.63) is 88.8 Å². The predicted molar refractivity (Wildman–Crippen MR) is 147 cm³/mol. The Morgan fingerprint density at radius 3 is 2.66 bits per heavy atom. The van der Waals surface area contributed by atoms with Crippen LogP contribution in [0.1, 0.15) is 72.1 Å². The molecule has 2 aliphatic heterocycles. The van der Waals surface area contributed by atoms with Gasteiger partial charge in [-0.3, -0.25) is 4.79 Å². The van der Waals surface area contributed by atoms with Crippen LogP contribution < -0.4 is 16.0 Å². The predicted octanol–water partition coefficient (Wildman–Crippen LogP) is 7.15. The van der Waals surface area contributed by atoms with Gasteiger partial charge in [0, 0.05) is 11.3 Å². The summed E-state index contributed by atoms with van der Waals surface area (Å²) in [6, 6.07) is 10.7. The third-order valence-corrected chi connectivity index (χ3v) is 7.01. The summed E-state index contributed by atoms with van der Waals surface area (Å²) in [5.41, 5.74) is 1.11. The molecule has 3 N–H and O–H groups in total. The van der Waals surface area contributed by atoms with Crippen molar-refractivity contribution < 1.29 is 18.0 Å². The lowest BCUT2D eigenvalue weighted by atomic mass is 9.88. The molecule has 38 heavy (non-hydrogen) atoms. The van der Waals surface area contributed by atoms with Crippen molar-refractivity contribution in [1.82, 2.24) is 10.6 Å². The Morgan fingerprint density at radius 2 is 1.92 bits per heavy atom. The van der Waals surface area contributed by atoms with E-state index in [1.165, 1.54) is 6.07 Å². The van der Waals surface area contributed by atoms with Gasteiger partial charge >= 0.3 is 6.18 Å². The maximum atomic E-state index is 13.7. The third kappa shape index (κ3) is 7.48. The summed E-state index contributed by atoms with van der Waals surface area (Å²) in [6.07, 6.45) is 3.55. The van der Waals surface area contributed by atoms with Gasteiger partial charge in [0.05, 0.1) is 11.6 Å². The van der Waals surface area contributed by atoms with Gasteiger partial charge in [0.15, 0.2) is 0 Å². The maximum absolute atomic E-state index is 13.7. The SMILES string of the molecule is CC1\C=C(N[C@@H](C)c2cccc(NC(=O)c3cc(C4CCNCC4)cc(C(F)(F)F)c3)c2)/N=C(Cl)/C=C/C1. The van der Waals surface area contributed by atoms with Crippen LogP contribution in [0.25, 0.3) is 0 Å². The molecule has 0 spiro atoms. The number of benzene rings is 2. The molecule has 1 saturated heterocycles. The zero-order chi connectivity index (χ0) is 27.3. The molecule has 0 saturated carbocycles. The average molecular weight is 545 g/mol. The normalized spacial score (nSPS) is 23.2. The lowest BCUT2D eigenvalue weighted by Gasteiger charge is -2.24. The van der Waals surface area contributed by atoms with Crippen LogP contribution in [0, 0.1) is 5.92 Å². The molecule has 2 atom stereocenters. The molecule has 0 bridgehead atoms. The fraction of sp³-hybridized carbons (Fsp3) is 0.379. The lowest BCUT2D eigenvalue weighted by molar-refractivity contribution is -0.137. The van der Waals surface area contributed by atoms with E-state index in [-0.39, 0.29) is 23.4 Å². The van der Waals surface area contributed by atoms with Gasteiger partial charge < -0.3 is 16.0 Å². The number of alkyl halides is 3. The smallest absolute Gasteiger partial charge is 0.364 e. The van der Waals surface area contributed by atoms with Crippen LogP contribution in [0.5, 0.6) is 0 Å². The van der Waals surface area contributed by atoms with E-state index in [0.29, 0.717) is 22.2 Å². The second kappa shape index (κ2) is 12.2. The van der Waals surface area contributed by atoms with Gasteiger partial charge in [-0.2, -0.15) is 13.2 Å². The highest BCUT2D eigenvalue weighted by Gasteiger charge is 2.33. The number of hydrogen-bond donors (Lipinski definition) is 3. The minimum atomic E-state index is -4.54. The summed E-state index contributed by atoms with van der Waals surface area (Å²) < 4.78 is 41.0. The Labute approximate surface area is 226 Å². The highest BCUT2D eigenvalue weighted by Crippen LogP contribution is 2.35. The van der Waals surface area contributed by atoms with Gasteiger partial charge in [-0.05, 0) is 105 Å². The molecule has 202 valence electrons. The van der Waals surface area contributed by atoms with Gasteiger partial charge in [-0.1, -0.05) is 36.7 Å². The molecule has 1 unspecified atom stereocenters. The second-order valence-corrected chi connectivity index (χ2v) is 10.3. The van der Waals surface area contributed by atoms with E-state index in [1.807, 2.05) is 25.1 Å². The Bertz CT molecular complexity index is 1250. The number of hydrogen-bond acceptors (Lipinski definition) is 4. The van der Waals surface area contributed by atoms with Crippen LogP contribution in [0.2, 0.25) is 0 Å². The summed E-state index contributed by atoms with van der Waals surface area (Å²) in [5, 5.41) is 9.74. The first-order valence-corrected chi connectivity index (χ1v) is 13.2. The van der Waals surface area contributed by atoms with Crippen molar-refractivity contribution in [3.8, 4) is 0 Å². The fourth-order valence-electron chi connectivity index (χ4n) is 4.72. The van der Waals surface area contributed by atoms with E-state index in [4.69, 9.17) is 11.6 Å². The van der Waals surface area contributed by atoms with Crippen molar-refractivity contribution in [2.45, 2.75) is 51.2 Å². The van der Waals surface area contributed by atoms with E-state index in [2.05, 4.69) is 27.9 Å². The van der Waals surface area contributed by atoms with Gasteiger partial charge in [-0.25, -0.2) is 4.99 Å². The largest absolute Gasteiger partial charge is 0.416 e. The number of carbonyl (C=O) groups is 1. The molecule has 0 aliphatic carbocycles. The van der Waals surface area contributed by atoms with E-state index in [1.54, 1.807) is 30.3 Å². The van der Waals surface area contributed by atoms with Crippen LogP contribution in [-0.4, -0.2) is 24.2 Å². The molecular formula is C29H32ClF3N4O. The van der Waals surface area contributed by atoms with E-state index >= 15 is 0 Å². The van der Waals surface area contributed by atoms with Crippen molar-refractivity contribution in [2.24, 2.45) is 10.9 Å². The average Bonchev–Trinajstić information content (AvgIpc) is 2.87. The number of allylic oxidation sites excluding steroid dienone is 3. The Kier molecular flexibility index (Phi) is 8.95. The van der Waals surface area contributed by atoms with Crippen LogP contribution in [0.4, 0.5) is 18.9 Å². The number of nitrogens with zero attached hydrogens (tertiary/aromatic N) is 1. The van der Waals surface area contributed by atoms with Crippen LogP contribution in [-0.2, 0) is 6.18 Å². The van der Waals surface area contributed by atoms with Gasteiger partial charge in [0.25, 0.3) is 5.91 Å². The first-order valence-electron chi connectivity index (χ1n) is 12.8. The first-order chi connectivity index (χ1) is 18.1. The van der Waals surface area contributed by atoms with Crippen molar-refractivity contribution in [1.29, 1.82) is 0 Å². The standard InChI is InChI=1S/C29H32ClF3N4O/c1-18-5-3-8-26(30)37-27(13-18)35-19(2)21-6-4-7-25(17-21)36-28(38)23-14-22(20-9-11-34-12-10-20)15-24(16-23)29(31,32)33/h3-4,6-8,13-20,34-35H,5,9-12H2,1-2H3,(H,36,38)/b8-3+,27-13-,37-26-/t18?,19-/m0/s1. The van der Waals surface area contributed by atoms with E-state index in [0.717, 1.165) is 44.0 Å². The lowest BCUT2D eigenvalue weighted by Crippen LogP contribution is -2.27. The number of carbonyl (C=O) groups excluding carboxylic acids is 1. The van der Waals surface area contributed by atoms with Crippen LogP contribution in [0.15, 0.2) is 71.5 Å². The molecule has 9 heteroatoms. The van der Waals surface area contributed by atoms with Crippen molar-refractivity contribution in [3.63, 3.8) is 0 Å². The van der Waals surface area contributed by atoms with Gasteiger partial charge in [0.1, 0.15) is 11.0 Å². The van der Waals surface area contributed by atoms with Gasteiger partial charge in [-0.15, -0.1) is 0 Å². The summed E-state index contributed by atoms with van der Waals surface area (Å²) in [4.78, 5) is 17.5. The number of anilines is 1. The Balaban J connectivity index is 1.53. The molecule has 2 aliphatic rings. The molecule has 1 amide bonds. The number of rotatable bonds is 6. The number of halogens is 4. The van der Waals surface area contributed by atoms with E-state index < -0.39 is 17.6 Å². The quantitative estimate of drug-likeness (QED) is 0.362. The third-order valence-electron chi connectivity index (χ3n) is 6.80. The molecule has 0 radical (unpaired) electrons. The highest BCUT2D eigenvalue weighted by molar-refractivity contribution is 6.68. The molecule has 5 nitrogen and oxygen atoms in total. The summed E-state index contributed by atoms with van der Waals surface area (Å²) in [7, 11) is 0. The molecule has 1 fully saturated rings. The zero-order valence-electron chi connectivity index (χ0n) is 21.4. The topological polar surface area (TPSA) is 65.5 Å². The number of nitrogens with one attached hydrogen (secondary N) is 3. The van der Waals surface area contributed by atoms with Crippen LogP contribution in [0.3, 0.4) is 0 Å². The second-order valence-electron chi connectivity index (χ2n) is 9.91. The van der Waals surface area contributed by atoms with Crippen molar-refractivity contribution >= 4 is 28.4 Å². The molecule has 2 aromatic rings. The first kappa shape index (κ1) is 27.9. The summed E-state index contributed by atoms with van der Waals surface area (Å²) in [5.74, 6) is 0.339. The maximum Gasteiger partial charge on any atom is 0.416 e. The Hall–Kier alpha value is -3.10. The van der Waals surface area contributed by atoms with Crippen LogP contribution >= 0.6 is 11.6 Å². The minimum absolute atomic E-state index is 0.00404. The minimum Gasteiger partial charge on any atom is -0.364 e. The molecule has 2 heterocycles. The fourth-order valence-corrected chi connectivity index (χ4v) is 4.90. The molecule has 4 rings (SSSR count). The molecule has 2 aromatic carbocycles.